The van der Waals surface area contributed by atoms with Gasteiger partial charge in [-0.2, -0.15) is 13.2 Å². The summed E-state index contributed by atoms with van der Waals surface area (Å²) in [6.45, 7) is 2.23. The summed E-state index contributed by atoms with van der Waals surface area (Å²) in [5, 5.41) is 2.81. The second-order valence-electron chi connectivity index (χ2n) is 6.21. The standard InChI is InChI=1S/C19H20F4N2O/c1-13(15-5-9-17(20)10-6-15)24-18(26)12-25(2)11-14-3-7-16(8-4-14)19(21,22)23/h3-10,13H,11-12H2,1-2H3,(H,24,26). The molecule has 0 spiro atoms. The summed E-state index contributed by atoms with van der Waals surface area (Å²) in [5.74, 6) is -0.570. The molecule has 0 aliphatic heterocycles. The lowest BCUT2D eigenvalue weighted by atomic mass is 10.1. The van der Waals surface area contributed by atoms with Crippen molar-refractivity contribution in [3.8, 4) is 0 Å². The molecule has 0 bridgehead atoms. The molecule has 0 fully saturated rings. The van der Waals surface area contributed by atoms with Gasteiger partial charge in [0.15, 0.2) is 0 Å². The van der Waals surface area contributed by atoms with E-state index in [1.807, 2.05) is 0 Å². The van der Waals surface area contributed by atoms with Crippen LogP contribution in [0.15, 0.2) is 48.5 Å². The quantitative estimate of drug-likeness (QED) is 0.777. The summed E-state index contributed by atoms with van der Waals surface area (Å²) >= 11 is 0. The highest BCUT2D eigenvalue weighted by Gasteiger charge is 2.29. The number of hydrogen-bond donors (Lipinski definition) is 1. The van der Waals surface area contributed by atoms with Crippen molar-refractivity contribution in [2.45, 2.75) is 25.7 Å². The van der Waals surface area contributed by atoms with E-state index in [1.54, 1.807) is 31.0 Å². The van der Waals surface area contributed by atoms with Gasteiger partial charge in [-0.3, -0.25) is 9.69 Å². The van der Waals surface area contributed by atoms with Crippen molar-refractivity contribution in [1.82, 2.24) is 10.2 Å². The maximum Gasteiger partial charge on any atom is 0.416 e. The molecule has 0 saturated carbocycles. The van der Waals surface area contributed by atoms with E-state index in [9.17, 15) is 22.4 Å². The Morgan fingerprint density at radius 3 is 2.19 bits per heavy atom. The first-order valence-electron chi connectivity index (χ1n) is 8.04. The highest BCUT2D eigenvalue weighted by atomic mass is 19.4. The first kappa shape index (κ1) is 19.9. The first-order chi connectivity index (χ1) is 12.1. The van der Waals surface area contributed by atoms with Gasteiger partial charge < -0.3 is 5.32 Å². The fraction of sp³-hybridized carbons (Fsp3) is 0.316. The second kappa shape index (κ2) is 8.31. The maximum atomic E-state index is 12.9. The van der Waals surface area contributed by atoms with Gasteiger partial charge >= 0.3 is 6.18 Å². The number of alkyl halides is 3. The molecule has 0 saturated heterocycles. The third-order valence-electron chi connectivity index (χ3n) is 3.89. The van der Waals surface area contributed by atoms with Crippen LogP contribution < -0.4 is 5.32 Å². The van der Waals surface area contributed by atoms with Crippen LogP contribution in [-0.2, 0) is 17.5 Å². The van der Waals surface area contributed by atoms with Gasteiger partial charge in [0, 0.05) is 6.54 Å². The number of carbonyl (C=O) groups excluding carboxylic acids is 1. The normalized spacial score (nSPS) is 12.9. The van der Waals surface area contributed by atoms with E-state index in [0.717, 1.165) is 17.7 Å². The van der Waals surface area contributed by atoms with Gasteiger partial charge in [0.2, 0.25) is 5.91 Å². The topological polar surface area (TPSA) is 32.3 Å². The number of nitrogens with one attached hydrogen (secondary N) is 1. The Kier molecular flexibility index (Phi) is 6.37. The smallest absolute Gasteiger partial charge is 0.348 e. The van der Waals surface area contributed by atoms with Crippen LogP contribution in [0.3, 0.4) is 0 Å². The molecule has 0 aliphatic rings. The largest absolute Gasteiger partial charge is 0.416 e. The number of likely N-dealkylation sites (N-methyl/N-ethyl adjacent to an activating group) is 1. The molecular weight excluding hydrogens is 348 g/mol. The van der Waals surface area contributed by atoms with Gasteiger partial charge in [-0.1, -0.05) is 24.3 Å². The minimum Gasteiger partial charge on any atom is -0.348 e. The van der Waals surface area contributed by atoms with Crippen molar-refractivity contribution < 1.29 is 22.4 Å². The van der Waals surface area contributed by atoms with Crippen molar-refractivity contribution in [3.63, 3.8) is 0 Å². The van der Waals surface area contributed by atoms with Gasteiger partial charge in [-0.05, 0) is 49.4 Å². The lowest BCUT2D eigenvalue weighted by molar-refractivity contribution is -0.137. The first-order valence-corrected chi connectivity index (χ1v) is 8.04. The number of carbonyl (C=O) groups is 1. The Morgan fingerprint density at radius 1 is 1.08 bits per heavy atom. The zero-order chi connectivity index (χ0) is 19.3. The van der Waals surface area contributed by atoms with Crippen LogP contribution in [0, 0.1) is 5.82 Å². The van der Waals surface area contributed by atoms with Crippen molar-refractivity contribution >= 4 is 5.91 Å². The van der Waals surface area contributed by atoms with Crippen LogP contribution in [0.25, 0.3) is 0 Å². The number of nitrogens with zero attached hydrogens (tertiary/aromatic N) is 1. The van der Waals surface area contributed by atoms with Crippen molar-refractivity contribution in [2.75, 3.05) is 13.6 Å². The van der Waals surface area contributed by atoms with Gasteiger partial charge in [0.1, 0.15) is 5.82 Å². The Morgan fingerprint density at radius 2 is 1.65 bits per heavy atom. The van der Waals surface area contributed by atoms with E-state index >= 15 is 0 Å². The summed E-state index contributed by atoms with van der Waals surface area (Å²) in [7, 11) is 1.71. The molecule has 1 N–H and O–H groups in total. The minimum atomic E-state index is -4.36. The molecule has 2 aromatic rings. The number of hydrogen-bond acceptors (Lipinski definition) is 2. The van der Waals surface area contributed by atoms with Gasteiger partial charge in [-0.25, -0.2) is 4.39 Å². The van der Waals surface area contributed by atoms with Gasteiger partial charge in [0.05, 0.1) is 18.2 Å². The summed E-state index contributed by atoms with van der Waals surface area (Å²) in [4.78, 5) is 13.8. The molecule has 3 nitrogen and oxygen atoms in total. The molecule has 1 amide bonds. The van der Waals surface area contributed by atoms with Crippen LogP contribution in [0.1, 0.15) is 29.7 Å². The highest BCUT2D eigenvalue weighted by molar-refractivity contribution is 5.78. The molecule has 0 radical (unpaired) electrons. The molecule has 2 aromatic carbocycles. The van der Waals surface area contributed by atoms with E-state index in [-0.39, 0.29) is 24.3 Å². The zero-order valence-corrected chi connectivity index (χ0v) is 14.5. The molecule has 0 aromatic heterocycles. The molecule has 7 heteroatoms. The summed E-state index contributed by atoms with van der Waals surface area (Å²) in [5.41, 5.74) is 0.764. The predicted octanol–water partition coefficient (Wildman–Crippen LogP) is 4.15. The van der Waals surface area contributed by atoms with Gasteiger partial charge in [-0.15, -0.1) is 0 Å². The van der Waals surface area contributed by atoms with E-state index in [4.69, 9.17) is 0 Å². The summed E-state index contributed by atoms with van der Waals surface area (Å²) in [6.07, 6.45) is -4.36. The van der Waals surface area contributed by atoms with Gasteiger partial charge in [0.25, 0.3) is 0 Å². The SMILES string of the molecule is CC(NC(=O)CN(C)Cc1ccc(C(F)(F)F)cc1)c1ccc(F)cc1. The summed E-state index contributed by atoms with van der Waals surface area (Å²) < 4.78 is 50.6. The Labute approximate surface area is 149 Å². The predicted molar refractivity (Wildman–Crippen MR) is 90.7 cm³/mol. The van der Waals surface area contributed by atoms with E-state index in [0.29, 0.717) is 12.1 Å². The minimum absolute atomic E-state index is 0.0898. The van der Waals surface area contributed by atoms with Crippen LogP contribution in [0.5, 0.6) is 0 Å². The van der Waals surface area contributed by atoms with Crippen LogP contribution in [-0.4, -0.2) is 24.4 Å². The summed E-state index contributed by atoms with van der Waals surface area (Å²) in [6, 6.07) is 10.4. The molecular formula is C19H20F4N2O. The molecule has 1 atom stereocenters. The van der Waals surface area contributed by atoms with E-state index in [2.05, 4.69) is 5.32 Å². The van der Waals surface area contributed by atoms with E-state index in [1.165, 1.54) is 24.3 Å². The average molecular weight is 368 g/mol. The van der Waals surface area contributed by atoms with E-state index < -0.39 is 11.7 Å². The molecule has 26 heavy (non-hydrogen) atoms. The number of benzene rings is 2. The Bertz CT molecular complexity index is 727. The fourth-order valence-electron chi connectivity index (χ4n) is 2.53. The van der Waals surface area contributed by atoms with Crippen LogP contribution in [0.2, 0.25) is 0 Å². The number of rotatable bonds is 6. The Hall–Kier alpha value is -2.41. The lowest BCUT2D eigenvalue weighted by Crippen LogP contribution is -2.36. The van der Waals surface area contributed by atoms with Crippen molar-refractivity contribution in [2.24, 2.45) is 0 Å². The third-order valence-corrected chi connectivity index (χ3v) is 3.89. The average Bonchev–Trinajstić information content (AvgIpc) is 2.54. The number of amides is 1. The molecule has 1 unspecified atom stereocenters. The maximum absolute atomic E-state index is 12.9. The zero-order valence-electron chi connectivity index (χ0n) is 14.5. The van der Waals surface area contributed by atoms with Crippen LogP contribution in [0.4, 0.5) is 17.6 Å². The third kappa shape index (κ3) is 5.84. The molecule has 2 rings (SSSR count). The van der Waals surface area contributed by atoms with Crippen molar-refractivity contribution in [3.05, 3.63) is 71.0 Å². The molecule has 140 valence electrons. The fourth-order valence-corrected chi connectivity index (χ4v) is 2.53. The highest BCUT2D eigenvalue weighted by Crippen LogP contribution is 2.29. The molecule has 0 aliphatic carbocycles. The monoisotopic (exact) mass is 368 g/mol. The second-order valence-corrected chi connectivity index (χ2v) is 6.21. The number of halogens is 4. The Balaban J connectivity index is 1.85. The lowest BCUT2D eigenvalue weighted by Gasteiger charge is -2.19. The van der Waals surface area contributed by atoms with Crippen LogP contribution >= 0.6 is 0 Å². The molecule has 0 heterocycles. The van der Waals surface area contributed by atoms with Crippen molar-refractivity contribution in [1.29, 1.82) is 0 Å².